The van der Waals surface area contributed by atoms with Gasteiger partial charge in [0.25, 0.3) is 0 Å². The van der Waals surface area contributed by atoms with E-state index in [1.165, 1.54) is 11.5 Å². The van der Waals surface area contributed by atoms with Gasteiger partial charge < -0.3 is 9.88 Å². The Morgan fingerprint density at radius 1 is 1.32 bits per heavy atom. The van der Waals surface area contributed by atoms with Crippen LogP contribution in [0.25, 0.3) is 0 Å². The van der Waals surface area contributed by atoms with Crippen molar-refractivity contribution >= 4 is 16.7 Å². The topological polar surface area (TPSA) is 55.6 Å². The van der Waals surface area contributed by atoms with E-state index in [1.807, 2.05) is 18.7 Å². The molecule has 1 N–H and O–H groups in total. The fraction of sp³-hybridized carbons (Fsp3) is 0.615. The molecule has 0 saturated heterocycles. The van der Waals surface area contributed by atoms with Crippen LogP contribution in [0.3, 0.4) is 0 Å². The highest BCUT2D eigenvalue weighted by molar-refractivity contribution is 7.09. The molecule has 0 aromatic carbocycles. The highest BCUT2D eigenvalue weighted by Crippen LogP contribution is 2.22. The van der Waals surface area contributed by atoms with Crippen molar-refractivity contribution in [3.05, 3.63) is 24.5 Å². The summed E-state index contributed by atoms with van der Waals surface area (Å²) < 4.78 is 6.48. The largest absolute Gasteiger partial charge is 0.360 e. The minimum absolute atomic E-state index is 0.0256. The van der Waals surface area contributed by atoms with Gasteiger partial charge in [-0.3, -0.25) is 0 Å². The predicted octanol–water partition coefficient (Wildman–Crippen LogP) is 2.92. The average molecular weight is 279 g/mol. The van der Waals surface area contributed by atoms with E-state index in [4.69, 9.17) is 0 Å². The van der Waals surface area contributed by atoms with Gasteiger partial charge in [0.15, 0.2) is 0 Å². The Bertz CT molecular complexity index is 483. The fourth-order valence-electron chi connectivity index (χ4n) is 1.63. The van der Waals surface area contributed by atoms with E-state index in [2.05, 4.69) is 45.0 Å². The average Bonchev–Trinajstić information content (AvgIpc) is 2.97. The molecule has 0 amide bonds. The summed E-state index contributed by atoms with van der Waals surface area (Å²) in [5.74, 6) is 0.915. The monoisotopic (exact) mass is 279 g/mol. The number of nitrogens with zero attached hydrogens (tertiary/aromatic N) is 4. The second-order valence-electron chi connectivity index (χ2n) is 5.61. The van der Waals surface area contributed by atoms with Gasteiger partial charge in [-0.05, 0) is 12.8 Å². The lowest BCUT2D eigenvalue weighted by Gasteiger charge is -2.12. The number of hydrogen-bond acceptors (Lipinski definition) is 5. The number of imidazole rings is 1. The van der Waals surface area contributed by atoms with Crippen molar-refractivity contribution in [2.45, 2.75) is 45.6 Å². The van der Waals surface area contributed by atoms with Gasteiger partial charge in [-0.15, -0.1) is 0 Å². The molecule has 0 bridgehead atoms. The molecular formula is C13H21N5S. The molecule has 0 fully saturated rings. The Kier molecular flexibility index (Phi) is 4.52. The summed E-state index contributed by atoms with van der Waals surface area (Å²) in [6.07, 6.45) is 7.91. The number of rotatable bonds is 6. The summed E-state index contributed by atoms with van der Waals surface area (Å²) >= 11 is 1.44. The van der Waals surface area contributed by atoms with Crippen molar-refractivity contribution in [2.75, 3.05) is 11.9 Å². The maximum atomic E-state index is 4.51. The first-order chi connectivity index (χ1) is 9.05. The zero-order chi connectivity index (χ0) is 13.7. The van der Waals surface area contributed by atoms with Gasteiger partial charge >= 0.3 is 0 Å². The lowest BCUT2D eigenvalue weighted by molar-refractivity contribution is 0.555. The molecule has 0 radical (unpaired) electrons. The summed E-state index contributed by atoms with van der Waals surface area (Å²) in [6, 6.07) is 0. The van der Waals surface area contributed by atoms with E-state index in [9.17, 15) is 0 Å². The van der Waals surface area contributed by atoms with Gasteiger partial charge in [-0.1, -0.05) is 20.8 Å². The van der Waals surface area contributed by atoms with E-state index < -0.39 is 0 Å². The van der Waals surface area contributed by atoms with Crippen LogP contribution in [0.15, 0.2) is 18.7 Å². The summed E-state index contributed by atoms with van der Waals surface area (Å²) in [7, 11) is 0. The lowest BCUT2D eigenvalue weighted by Crippen LogP contribution is -2.13. The Hall–Kier alpha value is -1.43. The van der Waals surface area contributed by atoms with Gasteiger partial charge in [0, 0.05) is 42.4 Å². The fourth-order valence-corrected chi connectivity index (χ4v) is 2.42. The van der Waals surface area contributed by atoms with Gasteiger partial charge in [-0.2, -0.15) is 4.37 Å². The highest BCUT2D eigenvalue weighted by Gasteiger charge is 2.19. The van der Waals surface area contributed by atoms with Crippen LogP contribution in [0.4, 0.5) is 5.13 Å². The number of aryl methyl sites for hydroxylation is 1. The molecule has 0 atom stereocenters. The summed E-state index contributed by atoms with van der Waals surface area (Å²) in [5.41, 5.74) is 0.0256. The highest BCUT2D eigenvalue weighted by atomic mass is 32.1. The molecule has 5 nitrogen and oxygen atoms in total. The first kappa shape index (κ1) is 14.0. The van der Waals surface area contributed by atoms with Crippen LogP contribution in [-0.2, 0) is 12.0 Å². The van der Waals surface area contributed by atoms with Crippen LogP contribution >= 0.6 is 11.5 Å². The van der Waals surface area contributed by atoms with Gasteiger partial charge in [-0.25, -0.2) is 9.97 Å². The maximum absolute atomic E-state index is 4.51. The summed E-state index contributed by atoms with van der Waals surface area (Å²) in [4.78, 5) is 8.54. The third-order valence-electron chi connectivity index (χ3n) is 2.78. The molecule has 0 unspecified atom stereocenters. The first-order valence-corrected chi connectivity index (χ1v) is 7.37. The molecule has 2 heterocycles. The van der Waals surface area contributed by atoms with E-state index in [1.54, 1.807) is 0 Å². The second kappa shape index (κ2) is 6.14. The predicted molar refractivity (Wildman–Crippen MR) is 78.6 cm³/mol. The van der Waals surface area contributed by atoms with Crippen molar-refractivity contribution in [1.82, 2.24) is 18.9 Å². The summed E-state index contributed by atoms with van der Waals surface area (Å²) in [5, 5.41) is 4.26. The van der Waals surface area contributed by atoms with Crippen molar-refractivity contribution < 1.29 is 0 Å². The molecular weight excluding hydrogens is 258 g/mol. The molecule has 19 heavy (non-hydrogen) atoms. The Morgan fingerprint density at radius 3 is 2.79 bits per heavy atom. The smallest absolute Gasteiger partial charge is 0.202 e. The first-order valence-electron chi connectivity index (χ1n) is 6.59. The molecule has 2 aromatic rings. The molecule has 0 saturated carbocycles. The van der Waals surface area contributed by atoms with Crippen LogP contribution in [0.2, 0.25) is 0 Å². The standard InChI is InChI=1S/C13H21N5S/c1-13(2,3)11-16-12(19-17-11)15-6-4-5-8-18-9-7-14-10-18/h7,9-10H,4-6,8H2,1-3H3,(H,15,16,17). The van der Waals surface area contributed by atoms with Crippen LogP contribution in [0.5, 0.6) is 0 Å². The van der Waals surface area contributed by atoms with Crippen LogP contribution in [0.1, 0.15) is 39.4 Å². The van der Waals surface area contributed by atoms with Crippen molar-refractivity contribution in [3.63, 3.8) is 0 Å². The third kappa shape index (κ3) is 4.31. The van der Waals surface area contributed by atoms with Gasteiger partial charge in [0.1, 0.15) is 5.82 Å². The Morgan fingerprint density at radius 2 is 2.16 bits per heavy atom. The molecule has 104 valence electrons. The number of anilines is 1. The Labute approximate surface area is 118 Å². The van der Waals surface area contributed by atoms with E-state index in [0.29, 0.717) is 0 Å². The minimum atomic E-state index is 0.0256. The Balaban J connectivity index is 1.67. The van der Waals surface area contributed by atoms with E-state index >= 15 is 0 Å². The number of hydrogen-bond donors (Lipinski definition) is 1. The van der Waals surface area contributed by atoms with Crippen LogP contribution in [-0.4, -0.2) is 25.5 Å². The minimum Gasteiger partial charge on any atom is -0.360 e. The molecule has 0 aliphatic heterocycles. The molecule has 0 spiro atoms. The van der Waals surface area contributed by atoms with Crippen molar-refractivity contribution in [1.29, 1.82) is 0 Å². The quantitative estimate of drug-likeness (QED) is 0.826. The zero-order valence-corrected chi connectivity index (χ0v) is 12.6. The summed E-state index contributed by atoms with van der Waals surface area (Å²) in [6.45, 7) is 8.34. The van der Waals surface area contributed by atoms with E-state index in [-0.39, 0.29) is 5.41 Å². The van der Waals surface area contributed by atoms with Crippen molar-refractivity contribution in [2.24, 2.45) is 0 Å². The van der Waals surface area contributed by atoms with Crippen LogP contribution in [0, 0.1) is 0 Å². The van der Waals surface area contributed by atoms with Crippen LogP contribution < -0.4 is 5.32 Å². The lowest BCUT2D eigenvalue weighted by atomic mass is 9.96. The second-order valence-corrected chi connectivity index (χ2v) is 6.36. The maximum Gasteiger partial charge on any atom is 0.202 e. The number of unbranched alkanes of at least 4 members (excludes halogenated alkanes) is 1. The van der Waals surface area contributed by atoms with Crippen molar-refractivity contribution in [3.8, 4) is 0 Å². The molecule has 2 rings (SSSR count). The molecule has 0 aliphatic carbocycles. The third-order valence-corrected chi connectivity index (χ3v) is 3.45. The zero-order valence-electron chi connectivity index (χ0n) is 11.8. The molecule has 2 aromatic heterocycles. The van der Waals surface area contributed by atoms with Gasteiger partial charge in [0.05, 0.1) is 6.33 Å². The molecule has 0 aliphatic rings. The molecule has 6 heteroatoms. The number of nitrogens with one attached hydrogen (secondary N) is 1. The normalized spacial score (nSPS) is 11.7. The SMILES string of the molecule is CC(C)(C)c1nsc(NCCCCn2ccnc2)n1. The van der Waals surface area contributed by atoms with E-state index in [0.717, 1.165) is 36.9 Å². The van der Waals surface area contributed by atoms with Gasteiger partial charge in [0.2, 0.25) is 5.13 Å². The number of aromatic nitrogens is 4.